The molecule has 0 bridgehead atoms. The third kappa shape index (κ3) is 3.92. The van der Waals surface area contributed by atoms with Crippen LogP contribution in [0.4, 0.5) is 0 Å². The fraction of sp³-hybridized carbons (Fsp3) is 0.278. The van der Waals surface area contributed by atoms with Crippen LogP contribution in [-0.4, -0.2) is 41.7 Å². The van der Waals surface area contributed by atoms with Crippen LogP contribution in [0, 0.1) is 0 Å². The maximum Gasteiger partial charge on any atom is 0.240 e. The van der Waals surface area contributed by atoms with Crippen LogP contribution in [-0.2, 0) is 16.1 Å². The molecule has 0 atom stereocenters. The van der Waals surface area contributed by atoms with E-state index in [4.69, 9.17) is 14.3 Å². The van der Waals surface area contributed by atoms with Gasteiger partial charge in [0.25, 0.3) is 0 Å². The van der Waals surface area contributed by atoms with E-state index in [0.717, 1.165) is 22.2 Å². The zero-order valence-corrected chi connectivity index (χ0v) is 14.8. The molecule has 136 valence electrons. The number of hydrogen-bond donors (Lipinski definition) is 2. The number of nitrogens with zero attached hydrogens (tertiary/aromatic N) is 2. The van der Waals surface area contributed by atoms with Gasteiger partial charge in [0.05, 0.1) is 38.9 Å². The molecular weight excluding hydrogens is 336 g/mol. The molecule has 3 rings (SSSR count). The van der Waals surface area contributed by atoms with E-state index < -0.39 is 0 Å². The van der Waals surface area contributed by atoms with Gasteiger partial charge in [0.2, 0.25) is 11.8 Å². The number of H-pyrrole nitrogens is 1. The van der Waals surface area contributed by atoms with Gasteiger partial charge in [-0.15, -0.1) is 0 Å². The Bertz CT molecular complexity index is 905. The van der Waals surface area contributed by atoms with Gasteiger partial charge in [-0.3, -0.25) is 9.63 Å². The minimum absolute atomic E-state index is 0.225. The quantitative estimate of drug-likeness (QED) is 0.498. The molecular formula is C18H20N4O4. The average Bonchev–Trinajstić information content (AvgIpc) is 3.05. The van der Waals surface area contributed by atoms with Crippen molar-refractivity contribution in [3.05, 3.63) is 36.3 Å². The maximum absolute atomic E-state index is 10.8. The van der Waals surface area contributed by atoms with Crippen LogP contribution < -0.4 is 15.0 Å². The van der Waals surface area contributed by atoms with Gasteiger partial charge >= 0.3 is 0 Å². The van der Waals surface area contributed by atoms with Crippen molar-refractivity contribution in [3.8, 4) is 22.9 Å². The first-order valence-corrected chi connectivity index (χ1v) is 8.05. The standard InChI is InChI=1S/C18H20N4O4/c1-11(23)22-26-5-4-13-6-12-7-17(24-2)14(8-15(12)21-13)16-9-20-18(25-3)10-19-16/h6-10,21H,4-5H2,1-3H3,(H,22,23). The highest BCUT2D eigenvalue weighted by Crippen LogP contribution is 2.33. The van der Waals surface area contributed by atoms with Crippen molar-refractivity contribution in [2.45, 2.75) is 13.3 Å². The van der Waals surface area contributed by atoms with Crippen molar-refractivity contribution in [1.82, 2.24) is 20.4 Å². The molecule has 0 fully saturated rings. The number of carbonyl (C=O) groups excluding carboxylic acids is 1. The van der Waals surface area contributed by atoms with Gasteiger partial charge in [-0.05, 0) is 18.2 Å². The smallest absolute Gasteiger partial charge is 0.240 e. The summed E-state index contributed by atoms with van der Waals surface area (Å²) < 4.78 is 10.6. The number of carbonyl (C=O) groups is 1. The second-order valence-corrected chi connectivity index (χ2v) is 5.64. The molecule has 0 spiro atoms. The molecule has 2 aromatic heterocycles. The van der Waals surface area contributed by atoms with E-state index in [1.54, 1.807) is 26.6 Å². The molecule has 1 aromatic carbocycles. The first kappa shape index (κ1) is 17.7. The number of amides is 1. The molecule has 0 unspecified atom stereocenters. The molecule has 2 N–H and O–H groups in total. The Morgan fingerprint density at radius 2 is 2.00 bits per heavy atom. The number of benzene rings is 1. The lowest BCUT2D eigenvalue weighted by Gasteiger charge is -2.08. The van der Waals surface area contributed by atoms with Crippen molar-refractivity contribution in [2.24, 2.45) is 0 Å². The van der Waals surface area contributed by atoms with Crippen LogP contribution in [0.5, 0.6) is 11.6 Å². The molecule has 26 heavy (non-hydrogen) atoms. The Balaban J connectivity index is 1.86. The van der Waals surface area contributed by atoms with Crippen molar-refractivity contribution in [2.75, 3.05) is 20.8 Å². The molecule has 2 heterocycles. The van der Waals surface area contributed by atoms with Crippen molar-refractivity contribution in [3.63, 3.8) is 0 Å². The Morgan fingerprint density at radius 3 is 2.65 bits per heavy atom. The van der Waals surface area contributed by atoms with E-state index in [2.05, 4.69) is 20.4 Å². The number of ether oxygens (including phenoxy) is 2. The predicted octanol–water partition coefficient (Wildman–Crippen LogP) is 2.25. The summed E-state index contributed by atoms with van der Waals surface area (Å²) in [5, 5.41) is 1.02. The summed E-state index contributed by atoms with van der Waals surface area (Å²) in [6.07, 6.45) is 3.85. The molecule has 1 amide bonds. The number of nitrogens with one attached hydrogen (secondary N) is 2. The highest BCUT2D eigenvalue weighted by Gasteiger charge is 2.12. The zero-order chi connectivity index (χ0) is 18.5. The van der Waals surface area contributed by atoms with Gasteiger partial charge in [0.1, 0.15) is 5.75 Å². The summed E-state index contributed by atoms with van der Waals surface area (Å²) in [6, 6.07) is 5.95. The van der Waals surface area contributed by atoms with Gasteiger partial charge in [-0.25, -0.2) is 15.4 Å². The second-order valence-electron chi connectivity index (χ2n) is 5.64. The molecule has 0 aliphatic carbocycles. The third-order valence-electron chi connectivity index (χ3n) is 3.80. The molecule has 0 aliphatic rings. The van der Waals surface area contributed by atoms with E-state index in [1.165, 1.54) is 6.92 Å². The average molecular weight is 356 g/mol. The van der Waals surface area contributed by atoms with E-state index in [0.29, 0.717) is 30.4 Å². The number of aromatic nitrogens is 3. The largest absolute Gasteiger partial charge is 0.496 e. The fourth-order valence-electron chi connectivity index (χ4n) is 2.60. The summed E-state index contributed by atoms with van der Waals surface area (Å²) in [6.45, 7) is 1.78. The monoisotopic (exact) mass is 356 g/mol. The van der Waals surface area contributed by atoms with Crippen LogP contribution in [0.25, 0.3) is 22.2 Å². The Labute approximate surface area is 150 Å². The topological polar surface area (TPSA) is 98.4 Å². The molecule has 0 saturated heterocycles. The second kappa shape index (κ2) is 7.83. The van der Waals surface area contributed by atoms with Gasteiger partial charge in [0.15, 0.2) is 0 Å². The van der Waals surface area contributed by atoms with Crippen LogP contribution >= 0.6 is 0 Å². The van der Waals surface area contributed by atoms with Gasteiger partial charge < -0.3 is 14.5 Å². The summed E-state index contributed by atoms with van der Waals surface area (Å²) >= 11 is 0. The third-order valence-corrected chi connectivity index (χ3v) is 3.80. The van der Waals surface area contributed by atoms with E-state index in [-0.39, 0.29) is 5.91 Å². The molecule has 8 heteroatoms. The fourth-order valence-corrected chi connectivity index (χ4v) is 2.60. The predicted molar refractivity (Wildman–Crippen MR) is 95.9 cm³/mol. The lowest BCUT2D eigenvalue weighted by Crippen LogP contribution is -2.21. The minimum atomic E-state index is -0.225. The summed E-state index contributed by atoms with van der Waals surface area (Å²) in [5.74, 6) is 0.934. The highest BCUT2D eigenvalue weighted by molar-refractivity contribution is 5.88. The van der Waals surface area contributed by atoms with E-state index in [9.17, 15) is 4.79 Å². The number of aromatic amines is 1. The molecule has 8 nitrogen and oxygen atoms in total. The molecule has 0 radical (unpaired) electrons. The highest BCUT2D eigenvalue weighted by atomic mass is 16.6. The summed E-state index contributed by atoms with van der Waals surface area (Å²) in [5.41, 5.74) is 5.77. The Hall–Kier alpha value is -3.13. The first-order valence-electron chi connectivity index (χ1n) is 8.05. The normalized spacial score (nSPS) is 10.7. The van der Waals surface area contributed by atoms with Gasteiger partial charge in [-0.2, -0.15) is 0 Å². The van der Waals surface area contributed by atoms with Crippen molar-refractivity contribution < 1.29 is 19.1 Å². The van der Waals surface area contributed by atoms with Crippen LogP contribution in [0.1, 0.15) is 12.6 Å². The van der Waals surface area contributed by atoms with Gasteiger partial charge in [-0.1, -0.05) is 0 Å². The summed E-state index contributed by atoms with van der Waals surface area (Å²) in [4.78, 5) is 27.8. The SMILES string of the molecule is COc1cnc(-c2cc3[nH]c(CCONC(C)=O)cc3cc2OC)cn1. The Kier molecular flexibility index (Phi) is 5.33. The molecule has 3 aromatic rings. The zero-order valence-electron chi connectivity index (χ0n) is 14.8. The Morgan fingerprint density at radius 1 is 1.15 bits per heavy atom. The van der Waals surface area contributed by atoms with Gasteiger partial charge in [0, 0.05) is 35.5 Å². The van der Waals surface area contributed by atoms with E-state index >= 15 is 0 Å². The molecule has 0 aliphatic heterocycles. The number of fused-ring (bicyclic) bond motifs is 1. The van der Waals surface area contributed by atoms with E-state index in [1.807, 2.05) is 18.2 Å². The van der Waals surface area contributed by atoms with Crippen LogP contribution in [0.15, 0.2) is 30.6 Å². The lowest BCUT2D eigenvalue weighted by atomic mass is 10.1. The number of methoxy groups -OCH3 is 2. The van der Waals surface area contributed by atoms with Crippen LogP contribution in [0.2, 0.25) is 0 Å². The van der Waals surface area contributed by atoms with Crippen molar-refractivity contribution in [1.29, 1.82) is 0 Å². The van der Waals surface area contributed by atoms with Crippen LogP contribution in [0.3, 0.4) is 0 Å². The number of hydroxylamine groups is 1. The number of rotatable bonds is 7. The summed E-state index contributed by atoms with van der Waals surface area (Å²) in [7, 11) is 3.17. The minimum Gasteiger partial charge on any atom is -0.496 e. The molecule has 0 saturated carbocycles. The van der Waals surface area contributed by atoms with Crippen molar-refractivity contribution >= 4 is 16.8 Å². The lowest BCUT2D eigenvalue weighted by molar-refractivity contribution is -0.131. The first-order chi connectivity index (χ1) is 12.6. The maximum atomic E-state index is 10.8. The number of hydrogen-bond acceptors (Lipinski definition) is 6.